The van der Waals surface area contributed by atoms with Crippen LogP contribution in [-0.2, 0) is 11.3 Å². The number of carbonyl (C=O) groups excluding carboxylic acids is 1. The highest BCUT2D eigenvalue weighted by molar-refractivity contribution is 6.36. The Morgan fingerprint density at radius 1 is 1.35 bits per heavy atom. The molecule has 2 heterocycles. The van der Waals surface area contributed by atoms with Crippen LogP contribution in [0.25, 0.3) is 11.1 Å². The maximum Gasteiger partial charge on any atom is 0.243 e. The van der Waals surface area contributed by atoms with Crippen LogP contribution < -0.4 is 16.0 Å². The molecule has 2 aromatic heterocycles. The molecule has 0 fully saturated rings. The molecule has 0 aliphatic heterocycles. The van der Waals surface area contributed by atoms with Crippen molar-refractivity contribution in [3.8, 4) is 16.9 Å². The summed E-state index contributed by atoms with van der Waals surface area (Å²) in [7, 11) is 0. The quantitative estimate of drug-likeness (QED) is 0.257. The van der Waals surface area contributed by atoms with E-state index in [4.69, 9.17) is 38.9 Å². The number of hydrogen-bond acceptors (Lipinski definition) is 6. The van der Waals surface area contributed by atoms with E-state index in [1.165, 1.54) is 12.1 Å². The summed E-state index contributed by atoms with van der Waals surface area (Å²) in [5.74, 6) is -0.611. The summed E-state index contributed by atoms with van der Waals surface area (Å²) < 4.78 is 21.4. The van der Waals surface area contributed by atoms with Crippen molar-refractivity contribution >= 4 is 34.9 Å². The van der Waals surface area contributed by atoms with Gasteiger partial charge in [0, 0.05) is 47.1 Å². The number of aromatic nitrogens is 3. The highest BCUT2D eigenvalue weighted by Crippen LogP contribution is 2.36. The lowest BCUT2D eigenvalue weighted by Crippen LogP contribution is -2.18. The zero-order chi connectivity index (χ0) is 22.5. The molecule has 1 atom stereocenters. The summed E-state index contributed by atoms with van der Waals surface area (Å²) in [6.45, 7) is 2.17. The predicted molar refractivity (Wildman–Crippen MR) is 114 cm³/mol. The molecule has 11 heteroatoms. The molecule has 1 aromatic carbocycles. The van der Waals surface area contributed by atoms with Gasteiger partial charge < -0.3 is 10.5 Å². The van der Waals surface area contributed by atoms with Crippen molar-refractivity contribution in [2.75, 3.05) is 5.73 Å². The van der Waals surface area contributed by atoms with E-state index in [9.17, 15) is 9.18 Å². The molecule has 1 unspecified atom stereocenters. The van der Waals surface area contributed by atoms with Gasteiger partial charge in [0.15, 0.2) is 11.6 Å². The fourth-order valence-corrected chi connectivity index (χ4v) is 3.64. The van der Waals surface area contributed by atoms with E-state index in [-0.39, 0.29) is 28.0 Å². The number of ether oxygens (including phenoxy) is 1. The number of nitrogens with zero attached hydrogens (tertiary/aromatic N) is 3. The molecular weight excluding hydrogens is 448 g/mol. The molecule has 1 amide bonds. The molecule has 8 nitrogen and oxygen atoms in total. The average molecular weight is 468 g/mol. The van der Waals surface area contributed by atoms with Gasteiger partial charge in [-0.05, 0) is 31.5 Å². The first-order valence-corrected chi connectivity index (χ1v) is 10.1. The lowest BCUT2D eigenvalue weighted by Gasteiger charge is -2.19. The minimum Gasteiger partial charge on any atom is -0.482 e. The normalized spacial score (nSPS) is 11.9. The van der Waals surface area contributed by atoms with Gasteiger partial charge in [0.1, 0.15) is 11.9 Å². The third kappa shape index (κ3) is 5.43. The molecular formula is C20H20Cl2FN5O3. The van der Waals surface area contributed by atoms with Crippen molar-refractivity contribution in [2.24, 2.45) is 0 Å². The van der Waals surface area contributed by atoms with Crippen LogP contribution in [0.5, 0.6) is 5.75 Å². The van der Waals surface area contributed by atoms with Crippen molar-refractivity contribution in [3.05, 3.63) is 58.2 Å². The molecule has 3 aromatic rings. The largest absolute Gasteiger partial charge is 0.482 e. The Bertz CT molecular complexity index is 1090. The first-order valence-electron chi connectivity index (χ1n) is 9.31. The fraction of sp³-hybridized carbons (Fsp3) is 0.250. The zero-order valence-electron chi connectivity index (χ0n) is 16.5. The van der Waals surface area contributed by atoms with Gasteiger partial charge in [0.2, 0.25) is 5.91 Å². The summed E-state index contributed by atoms with van der Waals surface area (Å²) >= 11 is 12.2. The number of hydroxylamine groups is 1. The van der Waals surface area contributed by atoms with E-state index in [1.54, 1.807) is 41.7 Å². The van der Waals surface area contributed by atoms with Crippen LogP contribution in [0.15, 0.2) is 36.8 Å². The highest BCUT2D eigenvalue weighted by Gasteiger charge is 2.20. The van der Waals surface area contributed by atoms with E-state index >= 15 is 0 Å². The summed E-state index contributed by atoms with van der Waals surface area (Å²) in [5.41, 5.74) is 9.32. The SMILES string of the molecule is CC(Oc1cc(-c2cnn(CCCC(=O)NO)c2)cnc1N)c1c(Cl)ccc(F)c1Cl. The van der Waals surface area contributed by atoms with Gasteiger partial charge in [-0.1, -0.05) is 23.2 Å². The zero-order valence-corrected chi connectivity index (χ0v) is 18.0. The fourth-order valence-electron chi connectivity index (χ4n) is 2.96. The van der Waals surface area contributed by atoms with Crippen LogP contribution in [0.3, 0.4) is 0 Å². The second kappa shape index (κ2) is 9.95. The first-order chi connectivity index (χ1) is 14.8. The summed E-state index contributed by atoms with van der Waals surface area (Å²) in [5, 5.41) is 12.9. The molecule has 164 valence electrons. The third-order valence-corrected chi connectivity index (χ3v) is 5.27. The summed E-state index contributed by atoms with van der Waals surface area (Å²) in [4.78, 5) is 15.3. The van der Waals surface area contributed by atoms with Gasteiger partial charge >= 0.3 is 0 Å². The number of aryl methyl sites for hydroxylation is 1. The number of benzene rings is 1. The van der Waals surface area contributed by atoms with Crippen LogP contribution in [0.2, 0.25) is 10.0 Å². The second-order valence-corrected chi connectivity index (χ2v) is 7.54. The highest BCUT2D eigenvalue weighted by atomic mass is 35.5. The Balaban J connectivity index is 1.77. The number of anilines is 1. The van der Waals surface area contributed by atoms with Gasteiger partial charge in [0.05, 0.1) is 11.2 Å². The number of rotatable bonds is 8. The van der Waals surface area contributed by atoms with Gasteiger partial charge in [-0.2, -0.15) is 5.10 Å². The van der Waals surface area contributed by atoms with Crippen LogP contribution in [0, 0.1) is 5.82 Å². The molecule has 0 saturated heterocycles. The number of hydrogen-bond donors (Lipinski definition) is 3. The van der Waals surface area contributed by atoms with E-state index in [1.807, 2.05) is 0 Å². The molecule has 31 heavy (non-hydrogen) atoms. The van der Waals surface area contributed by atoms with Crippen LogP contribution in [0.1, 0.15) is 31.4 Å². The number of halogens is 3. The van der Waals surface area contributed by atoms with Crippen LogP contribution in [0.4, 0.5) is 10.2 Å². The Morgan fingerprint density at radius 2 is 2.13 bits per heavy atom. The number of amides is 1. The second-order valence-electron chi connectivity index (χ2n) is 6.75. The van der Waals surface area contributed by atoms with Gasteiger partial charge in [-0.3, -0.25) is 14.7 Å². The smallest absolute Gasteiger partial charge is 0.243 e. The van der Waals surface area contributed by atoms with Crippen molar-refractivity contribution in [2.45, 2.75) is 32.4 Å². The van der Waals surface area contributed by atoms with Crippen molar-refractivity contribution < 1.29 is 19.1 Å². The Morgan fingerprint density at radius 3 is 2.87 bits per heavy atom. The van der Waals surface area contributed by atoms with E-state index < -0.39 is 17.8 Å². The van der Waals surface area contributed by atoms with E-state index in [0.717, 1.165) is 5.56 Å². The summed E-state index contributed by atoms with van der Waals surface area (Å²) in [6.07, 6.45) is 5.01. The molecule has 0 saturated carbocycles. The standard InChI is InChI=1S/C20H20Cl2FN5O3/c1-11(18-14(21)4-5-15(23)19(18)22)31-16-7-12(8-25-20(16)24)13-9-26-28(10-13)6-2-3-17(29)27-30/h4-5,7-11,30H,2-3,6H2,1H3,(H2,24,25)(H,27,29). The van der Waals surface area contributed by atoms with Gasteiger partial charge in [0.25, 0.3) is 0 Å². The van der Waals surface area contributed by atoms with Crippen LogP contribution >= 0.6 is 23.2 Å². The van der Waals surface area contributed by atoms with Crippen molar-refractivity contribution in [3.63, 3.8) is 0 Å². The monoisotopic (exact) mass is 467 g/mol. The Labute approximate surface area is 187 Å². The molecule has 3 rings (SSSR count). The molecule has 0 bridgehead atoms. The molecule has 0 radical (unpaired) electrons. The molecule has 0 spiro atoms. The van der Waals surface area contributed by atoms with E-state index in [0.29, 0.717) is 24.1 Å². The van der Waals surface area contributed by atoms with Gasteiger partial charge in [-0.15, -0.1) is 0 Å². The predicted octanol–water partition coefficient (Wildman–Crippen LogP) is 4.40. The molecule has 0 aliphatic carbocycles. The maximum atomic E-state index is 13.9. The molecule has 0 aliphatic rings. The topological polar surface area (TPSA) is 115 Å². The first kappa shape index (κ1) is 22.8. The number of pyridine rings is 1. The molecule has 4 N–H and O–H groups in total. The lowest BCUT2D eigenvalue weighted by atomic mass is 10.1. The van der Waals surface area contributed by atoms with Crippen LogP contribution in [-0.4, -0.2) is 25.9 Å². The van der Waals surface area contributed by atoms with Crippen molar-refractivity contribution in [1.82, 2.24) is 20.2 Å². The van der Waals surface area contributed by atoms with Crippen molar-refractivity contribution in [1.29, 1.82) is 0 Å². The Kier molecular flexibility index (Phi) is 7.32. The lowest BCUT2D eigenvalue weighted by molar-refractivity contribution is -0.129. The maximum absolute atomic E-state index is 13.9. The number of nitrogens with one attached hydrogen (secondary N) is 1. The summed E-state index contributed by atoms with van der Waals surface area (Å²) in [6, 6.07) is 4.29. The number of nitrogens with two attached hydrogens (primary N) is 1. The number of nitrogen functional groups attached to an aromatic ring is 1. The minimum absolute atomic E-state index is 0.112. The van der Waals surface area contributed by atoms with Gasteiger partial charge in [-0.25, -0.2) is 14.9 Å². The number of carbonyl (C=O) groups is 1. The average Bonchev–Trinajstić information content (AvgIpc) is 3.21. The van der Waals surface area contributed by atoms with E-state index in [2.05, 4.69) is 10.1 Å². The Hall–Kier alpha value is -2.88. The minimum atomic E-state index is -0.685. The third-order valence-electron chi connectivity index (χ3n) is 4.55.